The Morgan fingerprint density at radius 1 is 1.39 bits per heavy atom. The van der Waals surface area contributed by atoms with Crippen LogP contribution in [0.3, 0.4) is 0 Å². The molecule has 0 bridgehead atoms. The first-order chi connectivity index (χ1) is 13.5. The van der Waals surface area contributed by atoms with E-state index in [1.54, 1.807) is 7.11 Å². The molecule has 8 nitrogen and oxygen atoms in total. The molecule has 1 aliphatic carbocycles. The predicted molar refractivity (Wildman–Crippen MR) is 106 cm³/mol. The number of epoxide rings is 1. The highest BCUT2D eigenvalue weighted by Gasteiger charge is 2.56. The van der Waals surface area contributed by atoms with Gasteiger partial charge in [0.05, 0.1) is 32.0 Å². The monoisotopic (exact) mass is 390 g/mol. The van der Waals surface area contributed by atoms with Gasteiger partial charge >= 0.3 is 6.09 Å². The van der Waals surface area contributed by atoms with E-state index in [4.69, 9.17) is 25.0 Å². The molecule has 0 radical (unpaired) electrons. The van der Waals surface area contributed by atoms with Gasteiger partial charge in [-0.15, -0.1) is 0 Å². The summed E-state index contributed by atoms with van der Waals surface area (Å²) >= 11 is 0. The number of nitrogens with two attached hydrogens (primary N) is 1. The van der Waals surface area contributed by atoms with Crippen LogP contribution in [-0.4, -0.2) is 49.8 Å². The van der Waals surface area contributed by atoms with E-state index in [9.17, 15) is 4.79 Å². The van der Waals surface area contributed by atoms with Crippen LogP contribution in [0.5, 0.6) is 5.75 Å². The van der Waals surface area contributed by atoms with Gasteiger partial charge in [0.25, 0.3) is 0 Å². The van der Waals surface area contributed by atoms with Crippen LogP contribution in [-0.2, 0) is 16.0 Å². The molecule has 2 aliphatic rings. The minimum atomic E-state index is -0.430. The van der Waals surface area contributed by atoms with Crippen molar-refractivity contribution in [2.75, 3.05) is 20.3 Å². The Kier molecular flexibility index (Phi) is 6.53. The highest BCUT2D eigenvalue weighted by Crippen LogP contribution is 2.41. The van der Waals surface area contributed by atoms with Gasteiger partial charge in [-0.25, -0.2) is 10.2 Å². The van der Waals surface area contributed by atoms with Gasteiger partial charge in [-0.1, -0.05) is 26.0 Å². The molecule has 1 heterocycles. The van der Waals surface area contributed by atoms with E-state index in [1.165, 1.54) is 0 Å². The molecular weight excluding hydrogens is 360 g/mol. The van der Waals surface area contributed by atoms with Crippen LogP contribution < -0.4 is 21.3 Å². The van der Waals surface area contributed by atoms with Crippen LogP contribution >= 0.6 is 0 Å². The minimum Gasteiger partial charge on any atom is -0.497 e. The van der Waals surface area contributed by atoms with Crippen molar-refractivity contribution in [1.82, 2.24) is 10.7 Å². The molecule has 1 spiro atoms. The van der Waals surface area contributed by atoms with E-state index in [0.29, 0.717) is 32.0 Å². The number of aliphatic imine (C=N–C) groups is 1. The van der Waals surface area contributed by atoms with Gasteiger partial charge in [0.2, 0.25) is 0 Å². The van der Waals surface area contributed by atoms with Crippen molar-refractivity contribution in [1.29, 1.82) is 0 Å². The zero-order chi connectivity index (χ0) is 20.1. The summed E-state index contributed by atoms with van der Waals surface area (Å²) in [5.74, 6) is 6.98. The van der Waals surface area contributed by atoms with Gasteiger partial charge < -0.3 is 19.5 Å². The number of nitrogens with zero attached hydrogens (tertiary/aromatic N) is 1. The number of carbonyl (C=O) groups is 1. The summed E-state index contributed by atoms with van der Waals surface area (Å²) < 4.78 is 16.6. The van der Waals surface area contributed by atoms with Crippen molar-refractivity contribution < 1.29 is 19.0 Å². The SMILES string of the molecule is COc1ccc(CN=C2C(NN)C(OC(=O)NCC(C)C)CCC23CO3)cc1. The molecular formula is C20H30N4O4. The van der Waals surface area contributed by atoms with Crippen molar-refractivity contribution in [2.45, 2.75) is 51.0 Å². The van der Waals surface area contributed by atoms with Gasteiger partial charge in [0.15, 0.2) is 0 Å². The zero-order valence-corrected chi connectivity index (χ0v) is 16.7. The minimum absolute atomic E-state index is 0.354. The Morgan fingerprint density at radius 2 is 2.11 bits per heavy atom. The van der Waals surface area contributed by atoms with Gasteiger partial charge in [-0.3, -0.25) is 10.8 Å². The standard InChI is InChI=1S/C20H30N4O4/c1-13(2)10-23-19(25)28-16-8-9-20(12-27-20)18(17(16)24-21)22-11-14-4-6-15(26-3)7-5-14/h4-7,13,16-17,24H,8-12,21H2,1-3H3,(H,23,25). The number of rotatable bonds is 7. The maximum atomic E-state index is 12.1. The summed E-state index contributed by atoms with van der Waals surface area (Å²) in [6.07, 6.45) is 0.614. The maximum absolute atomic E-state index is 12.1. The molecule has 3 unspecified atom stereocenters. The third-order valence-electron chi connectivity index (χ3n) is 5.14. The van der Waals surface area contributed by atoms with E-state index in [-0.39, 0.29) is 17.7 Å². The third kappa shape index (κ3) is 4.81. The lowest BCUT2D eigenvalue weighted by molar-refractivity contribution is 0.0679. The van der Waals surface area contributed by atoms with Gasteiger partial charge in [-0.05, 0) is 36.5 Å². The smallest absolute Gasteiger partial charge is 0.407 e. The molecule has 0 aromatic heterocycles. The molecule has 1 aliphatic heterocycles. The number of methoxy groups -OCH3 is 1. The summed E-state index contributed by atoms with van der Waals surface area (Å²) in [7, 11) is 1.64. The van der Waals surface area contributed by atoms with Crippen molar-refractivity contribution in [2.24, 2.45) is 16.8 Å². The fourth-order valence-electron chi connectivity index (χ4n) is 3.44. The lowest BCUT2D eigenvalue weighted by Gasteiger charge is -2.35. The molecule has 1 saturated carbocycles. The van der Waals surface area contributed by atoms with Gasteiger partial charge in [0.1, 0.15) is 17.5 Å². The number of ether oxygens (including phenoxy) is 3. The average molecular weight is 390 g/mol. The van der Waals surface area contributed by atoms with Crippen molar-refractivity contribution in [3.8, 4) is 5.75 Å². The average Bonchev–Trinajstić information content (AvgIpc) is 3.47. The summed E-state index contributed by atoms with van der Waals surface area (Å²) in [6.45, 7) is 5.75. The van der Waals surface area contributed by atoms with E-state index < -0.39 is 6.09 Å². The molecule has 154 valence electrons. The van der Waals surface area contributed by atoms with E-state index in [2.05, 4.69) is 10.7 Å². The van der Waals surface area contributed by atoms with Crippen LogP contribution in [0.4, 0.5) is 4.79 Å². The Labute approximate surface area is 165 Å². The Morgan fingerprint density at radius 3 is 2.68 bits per heavy atom. The molecule has 3 atom stereocenters. The maximum Gasteiger partial charge on any atom is 0.407 e. The van der Waals surface area contributed by atoms with Crippen LogP contribution in [0.2, 0.25) is 0 Å². The van der Waals surface area contributed by atoms with Gasteiger partial charge in [0, 0.05) is 6.54 Å². The molecule has 28 heavy (non-hydrogen) atoms. The summed E-state index contributed by atoms with van der Waals surface area (Å²) in [4.78, 5) is 16.9. The number of hydrazine groups is 1. The van der Waals surface area contributed by atoms with Crippen LogP contribution in [0.25, 0.3) is 0 Å². The number of nitrogens with one attached hydrogen (secondary N) is 2. The van der Waals surface area contributed by atoms with Crippen LogP contribution in [0.1, 0.15) is 32.3 Å². The topological polar surface area (TPSA) is 110 Å². The largest absolute Gasteiger partial charge is 0.497 e. The molecule has 1 amide bonds. The highest BCUT2D eigenvalue weighted by atomic mass is 16.6. The fourth-order valence-corrected chi connectivity index (χ4v) is 3.44. The van der Waals surface area contributed by atoms with E-state index in [0.717, 1.165) is 23.4 Å². The third-order valence-corrected chi connectivity index (χ3v) is 5.14. The first-order valence-electron chi connectivity index (χ1n) is 9.70. The normalized spacial score (nSPS) is 27.8. The fraction of sp³-hybridized carbons (Fsp3) is 0.600. The number of alkyl carbamates (subject to hydrolysis) is 1. The first kappa shape index (κ1) is 20.6. The second-order valence-electron chi connectivity index (χ2n) is 7.73. The predicted octanol–water partition coefficient (Wildman–Crippen LogP) is 1.78. The molecule has 3 rings (SSSR count). The summed E-state index contributed by atoms with van der Waals surface area (Å²) in [5, 5.41) is 2.78. The Bertz CT molecular complexity index is 701. The van der Waals surface area contributed by atoms with Crippen molar-refractivity contribution >= 4 is 11.8 Å². The first-order valence-corrected chi connectivity index (χ1v) is 9.70. The van der Waals surface area contributed by atoms with Crippen molar-refractivity contribution in [3.05, 3.63) is 29.8 Å². The summed E-state index contributed by atoms with van der Waals surface area (Å²) in [5.41, 5.74) is 4.28. The number of carbonyl (C=O) groups excluding carboxylic acids is 1. The lowest BCUT2D eigenvalue weighted by atomic mass is 9.82. The molecule has 1 aromatic carbocycles. The Hall–Kier alpha value is -2.16. The van der Waals surface area contributed by atoms with Gasteiger partial charge in [-0.2, -0.15) is 0 Å². The summed E-state index contributed by atoms with van der Waals surface area (Å²) in [6, 6.07) is 7.39. The van der Waals surface area contributed by atoms with Crippen molar-refractivity contribution in [3.63, 3.8) is 0 Å². The number of amides is 1. The second-order valence-corrected chi connectivity index (χ2v) is 7.73. The molecule has 1 aromatic rings. The molecule has 4 N–H and O–H groups in total. The quantitative estimate of drug-likeness (QED) is 0.372. The number of hydrogen-bond acceptors (Lipinski definition) is 7. The second kappa shape index (κ2) is 8.89. The van der Waals surface area contributed by atoms with E-state index in [1.807, 2.05) is 38.1 Å². The highest BCUT2D eigenvalue weighted by molar-refractivity contribution is 6.00. The molecule has 8 heteroatoms. The number of hydrogen-bond donors (Lipinski definition) is 3. The van der Waals surface area contributed by atoms with E-state index >= 15 is 0 Å². The molecule has 1 saturated heterocycles. The molecule has 2 fully saturated rings. The van der Waals surface area contributed by atoms with Crippen LogP contribution in [0.15, 0.2) is 29.3 Å². The van der Waals surface area contributed by atoms with Crippen LogP contribution in [0, 0.1) is 5.92 Å². The zero-order valence-electron chi connectivity index (χ0n) is 16.7. The Balaban J connectivity index is 1.70. The number of benzene rings is 1. The lowest BCUT2D eigenvalue weighted by Crippen LogP contribution is -2.59.